The summed E-state index contributed by atoms with van der Waals surface area (Å²) in [6.07, 6.45) is 6.35. The molecule has 4 heterocycles. The molecule has 0 amide bonds. The average Bonchev–Trinajstić information content (AvgIpc) is 2.97. The summed E-state index contributed by atoms with van der Waals surface area (Å²) in [5.41, 5.74) is 13.0. The maximum atomic E-state index is 8.83. The van der Waals surface area contributed by atoms with Gasteiger partial charge in [0.15, 0.2) is 0 Å². The number of fused-ring (bicyclic) bond motifs is 1. The topological polar surface area (TPSA) is 107 Å². The highest BCUT2D eigenvalue weighted by atomic mass is 35.5. The van der Waals surface area contributed by atoms with Crippen molar-refractivity contribution in [3.63, 3.8) is 0 Å². The third kappa shape index (κ3) is 3.38. The van der Waals surface area contributed by atoms with E-state index in [-0.39, 0.29) is 11.9 Å². The molecule has 1 saturated heterocycles. The molecule has 30 heavy (non-hydrogen) atoms. The number of nitrogens with two attached hydrogens (primary N) is 2. The van der Waals surface area contributed by atoms with E-state index >= 15 is 0 Å². The fourth-order valence-corrected chi connectivity index (χ4v) is 5.10. The van der Waals surface area contributed by atoms with Crippen LogP contribution in [0.3, 0.4) is 0 Å². The highest BCUT2D eigenvalue weighted by Crippen LogP contribution is 2.50. The number of hydrogen-bond donors (Lipinski definition) is 2. The second-order valence-corrected chi connectivity index (χ2v) is 8.95. The molecule has 0 saturated carbocycles. The molecule has 4 N–H and O–H groups in total. The molecular formula is C21H22ClN7S. The lowest BCUT2D eigenvalue weighted by Crippen LogP contribution is -2.44. The summed E-state index contributed by atoms with van der Waals surface area (Å²) in [7, 11) is 0. The Morgan fingerprint density at radius 2 is 1.97 bits per heavy atom. The summed E-state index contributed by atoms with van der Waals surface area (Å²) in [5.74, 6) is 1.04. The number of hydrogen-bond acceptors (Lipinski definition) is 8. The molecule has 3 aromatic rings. The normalized spacial score (nSPS) is 22.5. The van der Waals surface area contributed by atoms with E-state index in [0.29, 0.717) is 41.7 Å². The lowest BCUT2D eigenvalue weighted by molar-refractivity contribution is 0.186. The summed E-state index contributed by atoms with van der Waals surface area (Å²) in [6, 6.07) is 5.14. The first-order chi connectivity index (χ1) is 15.3. The summed E-state index contributed by atoms with van der Waals surface area (Å²) in [4.78, 5) is 20.3. The fourth-order valence-electron chi connectivity index (χ4n) is 4.11. The van der Waals surface area contributed by atoms with E-state index in [1.807, 2.05) is 12.1 Å². The van der Waals surface area contributed by atoms with E-state index in [2.05, 4.69) is 24.8 Å². The molecule has 1 aliphatic heterocycles. The number of halogens is 1. The van der Waals surface area contributed by atoms with Crippen LogP contribution in [0.4, 0.5) is 11.6 Å². The predicted molar refractivity (Wildman–Crippen MR) is 119 cm³/mol. The van der Waals surface area contributed by atoms with Gasteiger partial charge in [0.25, 0.3) is 0 Å². The van der Waals surface area contributed by atoms with Crippen LogP contribution in [-0.2, 0) is 6.37 Å². The molecular weight excluding hydrogens is 418 g/mol. The first-order valence-electron chi connectivity index (χ1n) is 10.7. The van der Waals surface area contributed by atoms with Crippen molar-refractivity contribution in [2.24, 2.45) is 11.1 Å². The predicted octanol–water partition coefficient (Wildman–Crippen LogP) is 3.50. The number of rotatable bonds is 3. The molecule has 1 fully saturated rings. The van der Waals surface area contributed by atoms with E-state index in [9.17, 15) is 0 Å². The Hall–Kier alpha value is -2.42. The zero-order valence-electron chi connectivity index (χ0n) is 18.1. The lowest BCUT2D eigenvalue weighted by atomic mass is 9.73. The summed E-state index contributed by atoms with van der Waals surface area (Å²) in [5, 5.41) is 1.10. The average molecular weight is 442 g/mol. The first-order valence-corrected chi connectivity index (χ1v) is 10.9. The summed E-state index contributed by atoms with van der Waals surface area (Å²) in [6.45, 7) is 1.30. The van der Waals surface area contributed by atoms with Crippen LogP contribution in [0.25, 0.3) is 0 Å². The number of pyridine rings is 2. The zero-order chi connectivity index (χ0) is 22.5. The van der Waals surface area contributed by atoms with Gasteiger partial charge in [0, 0.05) is 44.9 Å². The minimum Gasteiger partial charge on any atom is -0.382 e. The van der Waals surface area contributed by atoms with Crippen molar-refractivity contribution in [3.8, 4) is 0 Å². The first kappa shape index (κ1) is 17.3. The molecule has 7 nitrogen and oxygen atoms in total. The fraction of sp³-hybridized carbons (Fsp3) is 0.333. The van der Waals surface area contributed by atoms with E-state index < -0.39 is 11.8 Å². The number of aromatic nitrogens is 4. The maximum absolute atomic E-state index is 8.83. The standard InChI is InChI=1S/C21H22ClN7S/c22-18-15(3-7-26-20(18)24)30-17-12-27-16(11-28-17)29-8-4-21(5-9-29)10-14-13(19(21)23)2-1-6-25-14/h1-3,6-7,11-12,19H,4-5,8-10,23H2,(H2,24,26)/t19-/m1/s1/i10D2. The van der Waals surface area contributed by atoms with E-state index in [4.69, 9.17) is 25.8 Å². The SMILES string of the molecule is [2H]C1([2H])c2ncccc2[C@@H](N)C12CCN(c1cnc(Sc3ccnc(N)c3Cl)cn1)CC2. The van der Waals surface area contributed by atoms with E-state index in [1.165, 1.54) is 11.8 Å². The third-order valence-electron chi connectivity index (χ3n) is 5.83. The van der Waals surface area contributed by atoms with Crippen molar-refractivity contribution in [2.75, 3.05) is 23.7 Å². The Kier molecular flexibility index (Phi) is 4.43. The quantitative estimate of drug-likeness (QED) is 0.635. The van der Waals surface area contributed by atoms with Gasteiger partial charge in [-0.05, 0) is 42.3 Å². The molecule has 0 aromatic carbocycles. The van der Waals surface area contributed by atoms with Crippen LogP contribution >= 0.6 is 23.4 Å². The number of nitrogen functional groups attached to an aromatic ring is 1. The van der Waals surface area contributed by atoms with Gasteiger partial charge in [0.1, 0.15) is 16.7 Å². The van der Waals surface area contributed by atoms with Gasteiger partial charge >= 0.3 is 0 Å². The molecule has 2 aliphatic rings. The Balaban J connectivity index is 1.30. The van der Waals surface area contributed by atoms with Crippen molar-refractivity contribution in [1.29, 1.82) is 0 Å². The summed E-state index contributed by atoms with van der Waals surface area (Å²) < 4.78 is 17.7. The van der Waals surface area contributed by atoms with Crippen molar-refractivity contribution in [1.82, 2.24) is 19.9 Å². The Morgan fingerprint density at radius 1 is 1.13 bits per heavy atom. The van der Waals surface area contributed by atoms with Crippen molar-refractivity contribution < 1.29 is 2.74 Å². The van der Waals surface area contributed by atoms with Gasteiger partial charge in [-0.2, -0.15) is 0 Å². The zero-order valence-corrected chi connectivity index (χ0v) is 17.7. The molecule has 5 rings (SSSR count). The second kappa shape index (κ2) is 7.68. The van der Waals surface area contributed by atoms with Crippen molar-refractivity contribution >= 4 is 35.0 Å². The highest BCUT2D eigenvalue weighted by molar-refractivity contribution is 7.99. The molecule has 0 unspecified atom stereocenters. The van der Waals surface area contributed by atoms with Crippen molar-refractivity contribution in [2.45, 2.75) is 35.2 Å². The molecule has 0 radical (unpaired) electrons. The van der Waals surface area contributed by atoms with Gasteiger partial charge in [-0.25, -0.2) is 15.0 Å². The van der Waals surface area contributed by atoms with Gasteiger partial charge in [0.2, 0.25) is 0 Å². The van der Waals surface area contributed by atoms with E-state index in [1.54, 1.807) is 30.9 Å². The van der Waals surface area contributed by atoms with Gasteiger partial charge in [-0.3, -0.25) is 4.98 Å². The monoisotopic (exact) mass is 441 g/mol. The highest BCUT2D eigenvalue weighted by Gasteiger charge is 2.46. The van der Waals surface area contributed by atoms with Crippen LogP contribution < -0.4 is 16.4 Å². The second-order valence-electron chi connectivity index (χ2n) is 7.51. The molecule has 1 aliphatic carbocycles. The number of nitrogens with zero attached hydrogens (tertiary/aromatic N) is 5. The summed E-state index contributed by atoms with van der Waals surface area (Å²) >= 11 is 7.59. The van der Waals surface area contributed by atoms with Crippen LogP contribution in [0.1, 0.15) is 32.9 Å². The van der Waals surface area contributed by atoms with Crippen LogP contribution in [-0.4, -0.2) is 33.0 Å². The lowest BCUT2D eigenvalue weighted by Gasteiger charge is -2.42. The largest absolute Gasteiger partial charge is 0.382 e. The Bertz CT molecular complexity index is 1150. The molecule has 1 atom stereocenters. The van der Waals surface area contributed by atoms with Gasteiger partial charge in [-0.15, -0.1) is 0 Å². The molecule has 1 spiro atoms. The number of piperidine rings is 1. The van der Waals surface area contributed by atoms with E-state index in [0.717, 1.165) is 16.3 Å². The maximum Gasteiger partial charge on any atom is 0.147 e. The van der Waals surface area contributed by atoms with Crippen molar-refractivity contribution in [3.05, 3.63) is 59.3 Å². The van der Waals surface area contributed by atoms with Gasteiger partial charge in [-0.1, -0.05) is 29.4 Å². The minimum absolute atomic E-state index is 0.283. The molecule has 0 bridgehead atoms. The Morgan fingerprint density at radius 3 is 2.70 bits per heavy atom. The molecule has 3 aromatic heterocycles. The minimum atomic E-state index is -1.56. The van der Waals surface area contributed by atoms with Gasteiger partial charge < -0.3 is 16.4 Å². The van der Waals surface area contributed by atoms with Crippen LogP contribution in [0.5, 0.6) is 0 Å². The third-order valence-corrected chi connectivity index (χ3v) is 7.32. The van der Waals surface area contributed by atoms with Crippen LogP contribution in [0, 0.1) is 5.41 Å². The van der Waals surface area contributed by atoms with Gasteiger partial charge in [0.05, 0.1) is 17.4 Å². The molecule has 9 heteroatoms. The smallest absolute Gasteiger partial charge is 0.147 e. The van der Waals surface area contributed by atoms with Crippen LogP contribution in [0.15, 0.2) is 52.9 Å². The van der Waals surface area contributed by atoms with Crippen LogP contribution in [0.2, 0.25) is 5.02 Å². The molecule has 154 valence electrons. The Labute approximate surface area is 187 Å². The number of anilines is 2.